The normalized spacial score (nSPS) is 9.94. The Bertz CT molecular complexity index is 553. The van der Waals surface area contributed by atoms with Gasteiger partial charge in [-0.1, -0.05) is 6.07 Å². The van der Waals surface area contributed by atoms with Crippen LogP contribution in [0.4, 0.5) is 5.69 Å². The third kappa shape index (κ3) is 2.58. The van der Waals surface area contributed by atoms with E-state index in [2.05, 4.69) is 21.5 Å². The standard InChI is InChI=1S/C11H12N6/c1-16(8-11-13-15-17(2)14-11)10-5-3-4-9(6-10)7-12/h3-6H,8H2,1-2H3. The summed E-state index contributed by atoms with van der Waals surface area (Å²) in [4.78, 5) is 3.40. The van der Waals surface area contributed by atoms with E-state index in [0.29, 0.717) is 17.9 Å². The molecule has 0 aliphatic carbocycles. The molecule has 2 aromatic rings. The number of nitriles is 1. The summed E-state index contributed by atoms with van der Waals surface area (Å²) in [5.74, 6) is 0.650. The van der Waals surface area contributed by atoms with Crippen LogP contribution in [0.15, 0.2) is 24.3 Å². The number of hydrogen-bond donors (Lipinski definition) is 0. The molecule has 0 unspecified atom stereocenters. The fourth-order valence-corrected chi connectivity index (χ4v) is 1.50. The summed E-state index contributed by atoms with van der Waals surface area (Å²) in [5.41, 5.74) is 1.60. The summed E-state index contributed by atoms with van der Waals surface area (Å²) in [6.07, 6.45) is 0. The Kier molecular flexibility index (Phi) is 3.01. The molecular weight excluding hydrogens is 216 g/mol. The summed E-state index contributed by atoms with van der Waals surface area (Å²) in [6.45, 7) is 0.558. The van der Waals surface area contributed by atoms with Gasteiger partial charge in [-0.05, 0) is 23.4 Å². The zero-order valence-corrected chi connectivity index (χ0v) is 9.70. The van der Waals surface area contributed by atoms with Crippen molar-refractivity contribution in [1.82, 2.24) is 20.2 Å². The number of tetrazole rings is 1. The Morgan fingerprint density at radius 1 is 1.47 bits per heavy atom. The van der Waals surface area contributed by atoms with Gasteiger partial charge in [0.05, 0.1) is 25.2 Å². The van der Waals surface area contributed by atoms with Crippen LogP contribution >= 0.6 is 0 Å². The van der Waals surface area contributed by atoms with Crippen molar-refractivity contribution in [2.75, 3.05) is 11.9 Å². The molecule has 0 atom stereocenters. The molecule has 1 heterocycles. The van der Waals surface area contributed by atoms with E-state index in [9.17, 15) is 0 Å². The summed E-state index contributed by atoms with van der Waals surface area (Å²) in [6, 6.07) is 9.52. The first-order chi connectivity index (χ1) is 8.19. The number of benzene rings is 1. The highest BCUT2D eigenvalue weighted by atomic mass is 15.6. The molecule has 0 saturated heterocycles. The molecule has 6 heteroatoms. The van der Waals surface area contributed by atoms with Gasteiger partial charge in [-0.2, -0.15) is 10.1 Å². The van der Waals surface area contributed by atoms with Crippen LogP contribution in [0.1, 0.15) is 11.4 Å². The lowest BCUT2D eigenvalue weighted by Gasteiger charge is -2.17. The van der Waals surface area contributed by atoms with Gasteiger partial charge in [0, 0.05) is 12.7 Å². The average molecular weight is 228 g/mol. The Hall–Kier alpha value is -2.42. The van der Waals surface area contributed by atoms with Gasteiger partial charge in [-0.25, -0.2) is 0 Å². The largest absolute Gasteiger partial charge is 0.367 e. The van der Waals surface area contributed by atoms with E-state index < -0.39 is 0 Å². The van der Waals surface area contributed by atoms with E-state index in [1.807, 2.05) is 30.1 Å². The molecule has 86 valence electrons. The first-order valence-electron chi connectivity index (χ1n) is 5.13. The maximum Gasteiger partial charge on any atom is 0.193 e. The zero-order chi connectivity index (χ0) is 12.3. The molecule has 0 radical (unpaired) electrons. The lowest BCUT2D eigenvalue weighted by atomic mass is 10.2. The van der Waals surface area contributed by atoms with Crippen molar-refractivity contribution in [3.05, 3.63) is 35.7 Å². The van der Waals surface area contributed by atoms with Crippen LogP contribution in [-0.2, 0) is 13.6 Å². The Balaban J connectivity index is 2.14. The van der Waals surface area contributed by atoms with Crippen LogP contribution in [0.2, 0.25) is 0 Å². The Labute approximate surface area is 99.1 Å². The van der Waals surface area contributed by atoms with Gasteiger partial charge in [0.2, 0.25) is 0 Å². The second kappa shape index (κ2) is 4.61. The molecule has 1 aromatic heterocycles. The molecule has 0 aliphatic heterocycles. The molecular formula is C11H12N6. The highest BCUT2D eigenvalue weighted by Gasteiger charge is 2.06. The first kappa shape index (κ1) is 11.1. The summed E-state index contributed by atoms with van der Waals surface area (Å²) in [5, 5.41) is 20.6. The molecule has 0 amide bonds. The highest BCUT2D eigenvalue weighted by molar-refractivity contribution is 5.50. The van der Waals surface area contributed by atoms with Gasteiger partial charge >= 0.3 is 0 Å². The molecule has 0 N–H and O–H groups in total. The van der Waals surface area contributed by atoms with Crippen LogP contribution in [0, 0.1) is 11.3 Å². The maximum absolute atomic E-state index is 8.83. The van der Waals surface area contributed by atoms with Gasteiger partial charge < -0.3 is 4.90 Å². The lowest BCUT2D eigenvalue weighted by molar-refractivity contribution is 0.627. The van der Waals surface area contributed by atoms with Crippen LogP contribution in [0.3, 0.4) is 0 Å². The van der Waals surface area contributed by atoms with Crippen molar-refractivity contribution in [2.24, 2.45) is 7.05 Å². The fourth-order valence-electron chi connectivity index (χ4n) is 1.50. The topological polar surface area (TPSA) is 70.6 Å². The molecule has 17 heavy (non-hydrogen) atoms. The summed E-state index contributed by atoms with van der Waals surface area (Å²) in [7, 11) is 3.65. The molecule has 0 saturated carbocycles. The number of nitrogens with zero attached hydrogens (tertiary/aromatic N) is 6. The van der Waals surface area contributed by atoms with Crippen LogP contribution < -0.4 is 4.90 Å². The van der Waals surface area contributed by atoms with E-state index in [1.165, 1.54) is 4.80 Å². The lowest BCUT2D eigenvalue weighted by Crippen LogP contribution is -2.17. The van der Waals surface area contributed by atoms with Crippen molar-refractivity contribution in [2.45, 2.75) is 6.54 Å². The number of anilines is 1. The fraction of sp³-hybridized carbons (Fsp3) is 0.273. The van der Waals surface area contributed by atoms with Crippen molar-refractivity contribution in [1.29, 1.82) is 5.26 Å². The van der Waals surface area contributed by atoms with Crippen molar-refractivity contribution < 1.29 is 0 Å². The average Bonchev–Trinajstić information content (AvgIpc) is 2.75. The van der Waals surface area contributed by atoms with E-state index in [0.717, 1.165) is 5.69 Å². The van der Waals surface area contributed by atoms with E-state index in [4.69, 9.17) is 5.26 Å². The molecule has 0 bridgehead atoms. The summed E-state index contributed by atoms with van der Waals surface area (Å²) >= 11 is 0. The molecule has 0 fully saturated rings. The second-order valence-corrected chi connectivity index (χ2v) is 3.71. The predicted octanol–water partition coefficient (Wildman–Crippen LogP) is 0.718. The van der Waals surface area contributed by atoms with Gasteiger partial charge in [-0.15, -0.1) is 10.2 Å². The molecule has 0 spiro atoms. The minimum atomic E-state index is 0.558. The summed E-state index contributed by atoms with van der Waals surface area (Å²) < 4.78 is 0. The smallest absolute Gasteiger partial charge is 0.193 e. The zero-order valence-electron chi connectivity index (χ0n) is 9.70. The van der Waals surface area contributed by atoms with Crippen molar-refractivity contribution >= 4 is 5.69 Å². The third-order valence-electron chi connectivity index (χ3n) is 2.34. The van der Waals surface area contributed by atoms with Crippen molar-refractivity contribution in [3.8, 4) is 6.07 Å². The number of aromatic nitrogens is 4. The third-order valence-corrected chi connectivity index (χ3v) is 2.34. The number of aryl methyl sites for hydroxylation is 1. The molecule has 1 aromatic carbocycles. The van der Waals surface area contributed by atoms with Gasteiger partial charge in [0.1, 0.15) is 0 Å². The number of rotatable bonds is 3. The maximum atomic E-state index is 8.83. The minimum Gasteiger partial charge on any atom is -0.367 e. The van der Waals surface area contributed by atoms with Crippen molar-refractivity contribution in [3.63, 3.8) is 0 Å². The number of hydrogen-bond acceptors (Lipinski definition) is 5. The van der Waals surface area contributed by atoms with Gasteiger partial charge in [-0.3, -0.25) is 0 Å². The highest BCUT2D eigenvalue weighted by Crippen LogP contribution is 2.15. The van der Waals surface area contributed by atoms with Gasteiger partial charge in [0.25, 0.3) is 0 Å². The van der Waals surface area contributed by atoms with Crippen LogP contribution in [0.5, 0.6) is 0 Å². The molecule has 2 rings (SSSR count). The Morgan fingerprint density at radius 2 is 2.29 bits per heavy atom. The van der Waals surface area contributed by atoms with Crippen LogP contribution in [-0.4, -0.2) is 27.3 Å². The monoisotopic (exact) mass is 228 g/mol. The Morgan fingerprint density at radius 3 is 2.94 bits per heavy atom. The van der Waals surface area contributed by atoms with E-state index >= 15 is 0 Å². The second-order valence-electron chi connectivity index (χ2n) is 3.71. The first-order valence-corrected chi connectivity index (χ1v) is 5.13. The van der Waals surface area contributed by atoms with Gasteiger partial charge in [0.15, 0.2) is 5.82 Å². The minimum absolute atomic E-state index is 0.558. The SMILES string of the molecule is CN(Cc1nnn(C)n1)c1cccc(C#N)c1. The van der Waals surface area contributed by atoms with E-state index in [1.54, 1.807) is 13.1 Å². The van der Waals surface area contributed by atoms with E-state index in [-0.39, 0.29) is 0 Å². The molecule has 0 aliphatic rings. The van der Waals surface area contributed by atoms with Crippen LogP contribution in [0.25, 0.3) is 0 Å². The predicted molar refractivity (Wildman–Crippen MR) is 62.1 cm³/mol. The quantitative estimate of drug-likeness (QED) is 0.774. The molecule has 6 nitrogen and oxygen atoms in total.